The Morgan fingerprint density at radius 1 is 0.613 bits per heavy atom. The quantitative estimate of drug-likeness (QED) is 0.345. The third kappa shape index (κ3) is 4.12. The van der Waals surface area contributed by atoms with Crippen molar-refractivity contribution in [3.8, 4) is 49.9 Å². The van der Waals surface area contributed by atoms with Gasteiger partial charge in [0.25, 0.3) is 5.70 Å². The molecule has 0 radical (unpaired) electrons. The van der Waals surface area contributed by atoms with Crippen LogP contribution in [-0.2, 0) is 0 Å². The second kappa shape index (κ2) is 9.35. The summed E-state index contributed by atoms with van der Waals surface area (Å²) in [7, 11) is 0. The van der Waals surface area contributed by atoms with E-state index in [-0.39, 0.29) is 22.4 Å². The molecule has 0 saturated carbocycles. The van der Waals surface area contributed by atoms with E-state index in [9.17, 15) is 10.5 Å². The van der Waals surface area contributed by atoms with Crippen LogP contribution in [0.15, 0.2) is 47.7 Å². The highest BCUT2D eigenvalue weighted by atomic mass is 32.1. The fourth-order valence-electron chi connectivity index (χ4n) is 2.54. The lowest BCUT2D eigenvalue weighted by Gasteiger charge is -1.94. The smallest absolute Gasteiger partial charge is 0.225 e. The molecule has 0 amide bonds. The van der Waals surface area contributed by atoms with Crippen molar-refractivity contribution in [1.29, 1.82) is 26.3 Å². The van der Waals surface area contributed by atoms with E-state index in [0.29, 0.717) is 9.75 Å². The molecule has 0 saturated heterocycles. The van der Waals surface area contributed by atoms with Crippen LogP contribution in [0.1, 0.15) is 9.75 Å². The SMILES string of the molecule is [C-]#[N+]/C(C#N)=C(\C#N)c1ccc(-c2ccc(-c3ccc(C(C#N)=C(C#N)C#N)s3)s2)s1. The Labute approximate surface area is 189 Å². The van der Waals surface area contributed by atoms with Crippen molar-refractivity contribution in [2.75, 3.05) is 0 Å². The normalized spacial score (nSPS) is 10.3. The molecule has 0 aromatic carbocycles. The average Bonchev–Trinajstić information content (AvgIpc) is 3.55. The minimum Gasteiger partial charge on any atom is -0.225 e. The molecule has 3 aromatic heterocycles. The Morgan fingerprint density at radius 3 is 1.48 bits per heavy atom. The summed E-state index contributed by atoms with van der Waals surface area (Å²) in [6, 6.07) is 20.1. The van der Waals surface area contributed by atoms with Gasteiger partial charge in [-0.25, -0.2) is 10.1 Å². The second-order valence-corrected chi connectivity index (χ2v) is 8.89. The van der Waals surface area contributed by atoms with Gasteiger partial charge in [-0.2, -0.15) is 21.0 Å². The largest absolute Gasteiger partial charge is 0.280 e. The van der Waals surface area contributed by atoms with Crippen molar-refractivity contribution in [1.82, 2.24) is 0 Å². The van der Waals surface area contributed by atoms with Gasteiger partial charge >= 0.3 is 0 Å². The zero-order valence-electron chi connectivity index (χ0n) is 15.4. The fourth-order valence-corrected chi connectivity index (χ4v) is 5.74. The topological polar surface area (TPSA) is 123 Å². The molecule has 0 fully saturated rings. The average molecular weight is 451 g/mol. The van der Waals surface area contributed by atoms with Gasteiger partial charge in [-0.1, -0.05) is 0 Å². The molecule has 31 heavy (non-hydrogen) atoms. The number of hydrogen-bond donors (Lipinski definition) is 0. The summed E-state index contributed by atoms with van der Waals surface area (Å²) in [4.78, 5) is 7.91. The van der Waals surface area contributed by atoms with E-state index in [4.69, 9.17) is 22.4 Å². The third-order valence-electron chi connectivity index (χ3n) is 3.95. The van der Waals surface area contributed by atoms with Gasteiger partial charge in [-0.05, 0) is 36.4 Å². The highest BCUT2D eigenvalue weighted by Crippen LogP contribution is 2.42. The van der Waals surface area contributed by atoms with E-state index in [1.165, 1.54) is 34.0 Å². The van der Waals surface area contributed by atoms with Crippen LogP contribution in [0.4, 0.5) is 0 Å². The predicted molar refractivity (Wildman–Crippen MR) is 119 cm³/mol. The number of nitriles is 5. The van der Waals surface area contributed by atoms with Crippen molar-refractivity contribution in [2.45, 2.75) is 0 Å². The molecule has 3 aromatic rings. The number of rotatable bonds is 4. The van der Waals surface area contributed by atoms with Gasteiger partial charge < -0.3 is 0 Å². The molecule has 0 atom stereocenters. The van der Waals surface area contributed by atoms with Gasteiger partial charge in [-0.15, -0.1) is 34.0 Å². The summed E-state index contributed by atoms with van der Waals surface area (Å²) in [5.41, 5.74) is -0.323. The van der Waals surface area contributed by atoms with Gasteiger partial charge in [0.1, 0.15) is 23.8 Å². The summed E-state index contributed by atoms with van der Waals surface area (Å²) >= 11 is 4.16. The molecule has 0 aliphatic rings. The van der Waals surface area contributed by atoms with E-state index >= 15 is 0 Å². The molecular formula is C22H6N6S3. The number of thiophene rings is 3. The van der Waals surface area contributed by atoms with E-state index in [1.807, 2.05) is 36.4 Å². The summed E-state index contributed by atoms with van der Waals surface area (Å²) in [6.07, 6.45) is 0. The minimum absolute atomic E-state index is 0.0600. The van der Waals surface area contributed by atoms with E-state index < -0.39 is 0 Å². The van der Waals surface area contributed by atoms with Crippen LogP contribution in [0.2, 0.25) is 0 Å². The highest BCUT2D eigenvalue weighted by Gasteiger charge is 2.16. The monoisotopic (exact) mass is 450 g/mol. The Morgan fingerprint density at radius 2 is 1.06 bits per heavy atom. The Bertz CT molecular complexity index is 1360. The molecule has 6 nitrogen and oxygen atoms in total. The first-order valence-electron chi connectivity index (χ1n) is 8.27. The van der Waals surface area contributed by atoms with Crippen LogP contribution in [0.3, 0.4) is 0 Å². The number of hydrogen-bond acceptors (Lipinski definition) is 8. The molecule has 0 aliphatic heterocycles. The first-order valence-corrected chi connectivity index (χ1v) is 10.7. The summed E-state index contributed by atoms with van der Waals surface area (Å²) < 4.78 is 0. The van der Waals surface area contributed by atoms with Crippen molar-refractivity contribution < 1.29 is 0 Å². The maximum absolute atomic E-state index is 9.33. The van der Waals surface area contributed by atoms with Crippen molar-refractivity contribution in [3.63, 3.8) is 0 Å². The molecular weight excluding hydrogens is 444 g/mol. The summed E-state index contributed by atoms with van der Waals surface area (Å²) in [6.45, 7) is 7.05. The van der Waals surface area contributed by atoms with Crippen LogP contribution in [0, 0.1) is 63.2 Å². The zero-order chi connectivity index (χ0) is 22.4. The lowest BCUT2D eigenvalue weighted by atomic mass is 10.1. The second-order valence-electron chi connectivity index (χ2n) is 5.64. The summed E-state index contributed by atoms with van der Waals surface area (Å²) in [5.74, 6) is 0. The minimum atomic E-state index is -0.232. The van der Waals surface area contributed by atoms with Crippen LogP contribution < -0.4 is 0 Å². The standard InChI is InChI=1S/C22H6N6S3/c1-28-16(12-27)15(11-26)18-3-5-20(30-18)22-7-6-21(31-22)19-4-2-17(29-19)14(10-25)13(8-23)9-24/h2-7H/b16-15+. The van der Waals surface area contributed by atoms with Gasteiger partial charge in [0.15, 0.2) is 0 Å². The lowest BCUT2D eigenvalue weighted by Crippen LogP contribution is -1.81. The van der Waals surface area contributed by atoms with Gasteiger partial charge in [-0.3, -0.25) is 0 Å². The lowest BCUT2D eigenvalue weighted by molar-refractivity contribution is 1.46. The summed E-state index contributed by atoms with van der Waals surface area (Å²) in [5, 5.41) is 45.8. The highest BCUT2D eigenvalue weighted by molar-refractivity contribution is 7.27. The van der Waals surface area contributed by atoms with E-state index in [1.54, 1.807) is 30.3 Å². The first-order chi connectivity index (χ1) is 15.1. The van der Waals surface area contributed by atoms with Crippen molar-refractivity contribution in [2.24, 2.45) is 0 Å². The van der Waals surface area contributed by atoms with Gasteiger partial charge in [0.05, 0.1) is 29.9 Å². The van der Waals surface area contributed by atoms with Gasteiger partial charge in [0.2, 0.25) is 0 Å². The van der Waals surface area contributed by atoms with E-state index in [0.717, 1.165) is 19.5 Å². The van der Waals surface area contributed by atoms with Crippen LogP contribution in [0.5, 0.6) is 0 Å². The number of allylic oxidation sites excluding steroid dienone is 4. The molecule has 0 aliphatic carbocycles. The maximum atomic E-state index is 9.33. The first kappa shape index (κ1) is 21.2. The molecule has 0 bridgehead atoms. The molecule has 3 heterocycles. The number of nitrogens with zero attached hydrogens (tertiary/aromatic N) is 6. The molecule has 142 valence electrons. The Hall–Kier alpha value is -4.48. The Balaban J connectivity index is 1.96. The molecule has 9 heteroatoms. The van der Waals surface area contributed by atoms with Crippen LogP contribution in [0.25, 0.3) is 35.5 Å². The fraction of sp³-hybridized carbons (Fsp3) is 0. The van der Waals surface area contributed by atoms with Crippen molar-refractivity contribution >= 4 is 45.2 Å². The van der Waals surface area contributed by atoms with Crippen LogP contribution in [-0.4, -0.2) is 0 Å². The molecule has 0 unspecified atom stereocenters. The van der Waals surface area contributed by atoms with Crippen LogP contribution >= 0.6 is 34.0 Å². The molecule has 0 spiro atoms. The Kier molecular flexibility index (Phi) is 6.40. The molecule has 3 rings (SSSR count). The maximum Gasteiger partial charge on any atom is 0.280 e. The zero-order valence-corrected chi connectivity index (χ0v) is 17.8. The predicted octanol–water partition coefficient (Wildman–Crippen LogP) is 6.21. The molecule has 0 N–H and O–H groups in total. The van der Waals surface area contributed by atoms with E-state index in [2.05, 4.69) is 4.85 Å². The van der Waals surface area contributed by atoms with Gasteiger partial charge in [0, 0.05) is 29.3 Å². The third-order valence-corrected chi connectivity index (χ3v) is 7.63. The van der Waals surface area contributed by atoms with Crippen molar-refractivity contribution in [3.05, 3.63) is 68.8 Å².